The van der Waals surface area contributed by atoms with Crippen molar-refractivity contribution in [2.24, 2.45) is 5.41 Å². The number of benzene rings is 2. The van der Waals surface area contributed by atoms with Crippen LogP contribution in [0.1, 0.15) is 38.8 Å². The van der Waals surface area contributed by atoms with Gasteiger partial charge in [0.2, 0.25) is 5.91 Å². The van der Waals surface area contributed by atoms with Crippen molar-refractivity contribution in [2.75, 3.05) is 5.32 Å². The summed E-state index contributed by atoms with van der Waals surface area (Å²) in [6.45, 7) is 3.59. The Kier molecular flexibility index (Phi) is 7.02. The fraction of sp³-hybridized carbons (Fsp3) is 0.292. The van der Waals surface area contributed by atoms with Crippen LogP contribution in [0.4, 0.5) is 14.5 Å². The molecule has 2 aromatic carbocycles. The van der Waals surface area contributed by atoms with Crippen LogP contribution in [0, 0.1) is 17.0 Å². The Bertz CT molecular complexity index is 1150. The summed E-state index contributed by atoms with van der Waals surface area (Å²) in [6, 6.07) is 12.1. The molecule has 2 N–H and O–H groups in total. The number of nitrogens with zero attached hydrogens (tertiary/aromatic N) is 1. The summed E-state index contributed by atoms with van der Waals surface area (Å²) in [5.41, 5.74) is 0.223. The standard InChI is InChI=1S/C24H24F2N2O4/c1-3-24(4-2,23(30)31)13-22(29)28-16-6-5-7-18(11-16)32-14-17-9-8-15-10-19(25)20(26)12-21(15)27-17/h5-12H,3-4,13-14H2,1-2H3,(H,28,29)(H,30,31). The first-order valence-electron chi connectivity index (χ1n) is 10.3. The summed E-state index contributed by atoms with van der Waals surface area (Å²) in [5, 5.41) is 12.7. The fourth-order valence-corrected chi connectivity index (χ4v) is 3.45. The van der Waals surface area contributed by atoms with E-state index < -0.39 is 28.9 Å². The molecule has 8 heteroatoms. The van der Waals surface area contributed by atoms with Crippen molar-refractivity contribution in [3.05, 3.63) is 65.9 Å². The highest BCUT2D eigenvalue weighted by atomic mass is 19.2. The van der Waals surface area contributed by atoms with Crippen LogP contribution in [-0.4, -0.2) is 22.0 Å². The third kappa shape index (κ3) is 5.19. The SMILES string of the molecule is CCC(CC)(CC(=O)Nc1cccc(OCc2ccc3cc(F)c(F)cc3n2)c1)C(=O)O. The van der Waals surface area contributed by atoms with Crippen LogP contribution in [0.25, 0.3) is 10.9 Å². The number of carboxylic acid groups (broad SMARTS) is 1. The summed E-state index contributed by atoms with van der Waals surface area (Å²) < 4.78 is 32.5. The Labute approximate surface area is 184 Å². The van der Waals surface area contributed by atoms with E-state index in [9.17, 15) is 23.5 Å². The molecule has 32 heavy (non-hydrogen) atoms. The number of rotatable bonds is 9. The quantitative estimate of drug-likeness (QED) is 0.469. The van der Waals surface area contributed by atoms with Gasteiger partial charge in [-0.1, -0.05) is 26.0 Å². The van der Waals surface area contributed by atoms with E-state index in [0.29, 0.717) is 40.9 Å². The number of carboxylic acids is 1. The highest BCUT2D eigenvalue weighted by molar-refractivity contribution is 5.94. The molecule has 0 unspecified atom stereocenters. The third-order valence-electron chi connectivity index (χ3n) is 5.60. The number of amides is 1. The van der Waals surface area contributed by atoms with E-state index in [-0.39, 0.29) is 13.0 Å². The largest absolute Gasteiger partial charge is 0.487 e. The lowest BCUT2D eigenvalue weighted by Gasteiger charge is -2.25. The molecule has 0 radical (unpaired) electrons. The second-order valence-corrected chi connectivity index (χ2v) is 7.60. The number of hydrogen-bond donors (Lipinski definition) is 2. The lowest BCUT2D eigenvalue weighted by Crippen LogP contribution is -2.34. The average Bonchev–Trinajstić information content (AvgIpc) is 2.77. The van der Waals surface area contributed by atoms with Crippen LogP contribution in [-0.2, 0) is 16.2 Å². The van der Waals surface area contributed by atoms with Crippen LogP contribution >= 0.6 is 0 Å². The van der Waals surface area contributed by atoms with E-state index >= 15 is 0 Å². The number of fused-ring (bicyclic) bond motifs is 1. The first-order valence-corrected chi connectivity index (χ1v) is 10.3. The highest BCUT2D eigenvalue weighted by Gasteiger charge is 2.37. The van der Waals surface area contributed by atoms with Gasteiger partial charge in [0.1, 0.15) is 12.4 Å². The molecular weight excluding hydrogens is 418 g/mol. The van der Waals surface area contributed by atoms with Gasteiger partial charge in [0.25, 0.3) is 0 Å². The van der Waals surface area contributed by atoms with E-state index in [0.717, 1.165) is 12.1 Å². The Morgan fingerprint density at radius 1 is 1.06 bits per heavy atom. The van der Waals surface area contributed by atoms with Crippen LogP contribution in [0.5, 0.6) is 5.75 Å². The Hall–Kier alpha value is -3.55. The Morgan fingerprint density at radius 2 is 1.78 bits per heavy atom. The normalized spacial score (nSPS) is 11.4. The molecule has 168 valence electrons. The fourth-order valence-electron chi connectivity index (χ4n) is 3.45. The molecule has 3 aromatic rings. The number of halogens is 2. The maximum atomic E-state index is 13.5. The molecule has 0 aliphatic heterocycles. The molecule has 0 saturated heterocycles. The van der Waals surface area contributed by atoms with Gasteiger partial charge in [-0.2, -0.15) is 0 Å². The van der Waals surface area contributed by atoms with Crippen molar-refractivity contribution >= 4 is 28.5 Å². The zero-order valence-electron chi connectivity index (χ0n) is 17.8. The van der Waals surface area contributed by atoms with Crippen LogP contribution < -0.4 is 10.1 Å². The number of pyridine rings is 1. The number of aromatic nitrogens is 1. The van der Waals surface area contributed by atoms with E-state index in [1.807, 2.05) is 0 Å². The maximum Gasteiger partial charge on any atom is 0.310 e. The van der Waals surface area contributed by atoms with E-state index in [4.69, 9.17) is 4.74 Å². The molecule has 0 spiro atoms. The van der Waals surface area contributed by atoms with Crippen molar-refractivity contribution in [3.63, 3.8) is 0 Å². The Balaban J connectivity index is 1.66. The topological polar surface area (TPSA) is 88.5 Å². The molecule has 1 amide bonds. The molecule has 0 aliphatic rings. The average molecular weight is 442 g/mol. The molecular formula is C24H24F2N2O4. The summed E-state index contributed by atoms with van der Waals surface area (Å²) in [7, 11) is 0. The van der Waals surface area contributed by atoms with Crippen molar-refractivity contribution in [2.45, 2.75) is 39.7 Å². The second-order valence-electron chi connectivity index (χ2n) is 7.60. The summed E-state index contributed by atoms with van der Waals surface area (Å²) in [4.78, 5) is 28.3. The Morgan fingerprint density at radius 3 is 2.47 bits per heavy atom. The summed E-state index contributed by atoms with van der Waals surface area (Å²) in [6.07, 6.45) is 0.577. The minimum absolute atomic E-state index is 0.0835. The molecule has 0 bridgehead atoms. The first-order chi connectivity index (χ1) is 15.3. The maximum absolute atomic E-state index is 13.5. The van der Waals surface area contributed by atoms with Crippen molar-refractivity contribution in [1.29, 1.82) is 0 Å². The number of nitrogens with one attached hydrogen (secondary N) is 1. The molecule has 0 saturated carbocycles. The highest BCUT2D eigenvalue weighted by Crippen LogP contribution is 2.31. The van der Waals surface area contributed by atoms with Gasteiger partial charge in [-0.15, -0.1) is 0 Å². The molecule has 6 nitrogen and oxygen atoms in total. The number of anilines is 1. The minimum Gasteiger partial charge on any atom is -0.487 e. The number of ether oxygens (including phenoxy) is 1. The first kappa shape index (κ1) is 23.1. The van der Waals surface area contributed by atoms with Crippen molar-refractivity contribution in [3.8, 4) is 5.75 Å². The summed E-state index contributed by atoms with van der Waals surface area (Å²) >= 11 is 0. The van der Waals surface area contributed by atoms with Gasteiger partial charge in [0, 0.05) is 29.6 Å². The molecule has 0 fully saturated rings. The molecule has 0 aliphatic carbocycles. The van der Waals surface area contributed by atoms with Crippen LogP contribution in [0.15, 0.2) is 48.5 Å². The van der Waals surface area contributed by atoms with Crippen LogP contribution in [0.3, 0.4) is 0 Å². The lowest BCUT2D eigenvalue weighted by atomic mass is 9.79. The van der Waals surface area contributed by atoms with Crippen molar-refractivity contribution in [1.82, 2.24) is 4.98 Å². The summed E-state index contributed by atoms with van der Waals surface area (Å²) in [5.74, 6) is -2.81. The van der Waals surface area contributed by atoms with Gasteiger partial charge >= 0.3 is 5.97 Å². The number of carbonyl (C=O) groups excluding carboxylic acids is 1. The van der Waals surface area contributed by atoms with Gasteiger partial charge < -0.3 is 15.2 Å². The molecule has 3 rings (SSSR count). The van der Waals surface area contributed by atoms with E-state index in [1.54, 1.807) is 50.2 Å². The zero-order valence-corrected chi connectivity index (χ0v) is 17.8. The van der Waals surface area contributed by atoms with Crippen LogP contribution in [0.2, 0.25) is 0 Å². The van der Waals surface area contributed by atoms with Gasteiger partial charge in [0.05, 0.1) is 16.6 Å². The molecule has 0 atom stereocenters. The van der Waals surface area contributed by atoms with Gasteiger partial charge in [-0.25, -0.2) is 13.8 Å². The van der Waals surface area contributed by atoms with Gasteiger partial charge in [-0.3, -0.25) is 9.59 Å². The number of aliphatic carboxylic acids is 1. The number of carbonyl (C=O) groups is 2. The predicted molar refractivity (Wildman–Crippen MR) is 116 cm³/mol. The van der Waals surface area contributed by atoms with Gasteiger partial charge in [0.15, 0.2) is 11.6 Å². The van der Waals surface area contributed by atoms with E-state index in [2.05, 4.69) is 10.3 Å². The van der Waals surface area contributed by atoms with E-state index in [1.165, 1.54) is 0 Å². The van der Waals surface area contributed by atoms with Crippen molar-refractivity contribution < 1.29 is 28.2 Å². The lowest BCUT2D eigenvalue weighted by molar-refractivity contribution is -0.151. The zero-order chi connectivity index (χ0) is 23.3. The predicted octanol–water partition coefficient (Wildman–Crippen LogP) is 5.31. The molecule has 1 heterocycles. The molecule has 1 aromatic heterocycles. The second kappa shape index (κ2) is 9.72. The number of hydrogen-bond acceptors (Lipinski definition) is 4. The minimum atomic E-state index is -1.09. The smallest absolute Gasteiger partial charge is 0.310 e. The monoisotopic (exact) mass is 442 g/mol. The van der Waals surface area contributed by atoms with Gasteiger partial charge in [-0.05, 0) is 37.1 Å². The third-order valence-corrected chi connectivity index (χ3v) is 5.60.